The minimum Gasteiger partial charge on any atom is -0.392 e. The number of Topliss-reactive ketones (excluding diaryl/α,β-unsaturated/α-hetero) is 1. The predicted octanol–water partition coefficient (Wildman–Crippen LogP) is 1.52. The van der Waals surface area contributed by atoms with Crippen molar-refractivity contribution in [2.75, 3.05) is 0 Å². The maximum absolute atomic E-state index is 11.4. The van der Waals surface area contributed by atoms with Crippen LogP contribution in [0.5, 0.6) is 0 Å². The second-order valence-electron chi connectivity index (χ2n) is 3.72. The van der Waals surface area contributed by atoms with Crippen molar-refractivity contribution in [3.63, 3.8) is 0 Å². The Morgan fingerprint density at radius 1 is 1.55 bits per heavy atom. The molecule has 0 bridgehead atoms. The van der Waals surface area contributed by atoms with Gasteiger partial charge in [-0.1, -0.05) is 13.3 Å². The Hall–Kier alpha value is -0.370. The molecule has 1 aliphatic rings. The molecule has 0 amide bonds. The van der Waals surface area contributed by atoms with Gasteiger partial charge in [-0.25, -0.2) is 0 Å². The molecule has 64 valence electrons. The van der Waals surface area contributed by atoms with Crippen LogP contribution >= 0.6 is 0 Å². The lowest BCUT2D eigenvalue weighted by Gasteiger charge is -2.34. The fraction of sp³-hybridized carbons (Fsp3) is 0.889. The van der Waals surface area contributed by atoms with E-state index in [2.05, 4.69) is 0 Å². The van der Waals surface area contributed by atoms with Crippen molar-refractivity contribution in [3.8, 4) is 0 Å². The van der Waals surface area contributed by atoms with Gasteiger partial charge in [0.05, 0.1) is 11.5 Å². The molecule has 0 saturated heterocycles. The van der Waals surface area contributed by atoms with Crippen molar-refractivity contribution in [2.24, 2.45) is 5.41 Å². The molecule has 2 nitrogen and oxygen atoms in total. The van der Waals surface area contributed by atoms with Gasteiger partial charge >= 0.3 is 0 Å². The fourth-order valence-corrected chi connectivity index (χ4v) is 1.64. The van der Waals surface area contributed by atoms with Gasteiger partial charge in [-0.05, 0) is 19.8 Å². The third-order valence-electron chi connectivity index (χ3n) is 2.91. The molecule has 2 atom stereocenters. The van der Waals surface area contributed by atoms with Gasteiger partial charge in [-0.2, -0.15) is 0 Å². The Labute approximate surface area is 67.6 Å². The molecule has 1 N–H and O–H groups in total. The maximum atomic E-state index is 11.4. The number of rotatable bonds is 1. The lowest BCUT2D eigenvalue weighted by atomic mass is 9.71. The van der Waals surface area contributed by atoms with Crippen LogP contribution in [-0.2, 0) is 4.79 Å². The van der Waals surface area contributed by atoms with Gasteiger partial charge in [-0.3, -0.25) is 4.79 Å². The van der Waals surface area contributed by atoms with Crippen LogP contribution in [0, 0.1) is 5.41 Å². The van der Waals surface area contributed by atoms with Crippen molar-refractivity contribution >= 4 is 5.78 Å². The number of hydrogen-bond donors (Lipinski definition) is 1. The zero-order valence-corrected chi connectivity index (χ0v) is 7.26. The van der Waals surface area contributed by atoms with Crippen molar-refractivity contribution in [3.05, 3.63) is 0 Å². The van der Waals surface area contributed by atoms with Crippen molar-refractivity contribution in [1.82, 2.24) is 0 Å². The van der Waals surface area contributed by atoms with E-state index in [9.17, 15) is 9.90 Å². The minimum atomic E-state index is -0.490. The van der Waals surface area contributed by atoms with Gasteiger partial charge in [0.15, 0.2) is 0 Å². The average Bonchev–Trinajstić information content (AvgIpc) is 1.95. The van der Waals surface area contributed by atoms with E-state index in [-0.39, 0.29) is 5.78 Å². The quantitative estimate of drug-likeness (QED) is 0.625. The highest BCUT2D eigenvalue weighted by atomic mass is 16.3. The highest BCUT2D eigenvalue weighted by molar-refractivity contribution is 5.85. The molecule has 1 aliphatic carbocycles. The van der Waals surface area contributed by atoms with E-state index in [0.717, 1.165) is 19.3 Å². The normalized spacial score (nSPS) is 35.4. The van der Waals surface area contributed by atoms with E-state index >= 15 is 0 Å². The molecule has 0 aliphatic heterocycles. The highest BCUT2D eigenvalue weighted by Crippen LogP contribution is 2.35. The largest absolute Gasteiger partial charge is 0.392 e. The molecular weight excluding hydrogens is 140 g/mol. The summed E-state index contributed by atoms with van der Waals surface area (Å²) in [6.07, 6.45) is 3.09. The van der Waals surface area contributed by atoms with Gasteiger partial charge in [0.1, 0.15) is 5.78 Å². The van der Waals surface area contributed by atoms with Crippen LogP contribution in [0.4, 0.5) is 0 Å². The standard InChI is InChI=1S/C9H16O2/c1-7(10)9(2)6-4-3-5-8(9)11/h7,10H,3-6H2,1-2H3/t7-,9+/m0/s1. The first-order valence-corrected chi connectivity index (χ1v) is 4.29. The summed E-state index contributed by atoms with van der Waals surface area (Å²) in [5.41, 5.74) is -0.446. The van der Waals surface area contributed by atoms with Gasteiger partial charge < -0.3 is 5.11 Å². The molecule has 1 rings (SSSR count). The fourth-order valence-electron chi connectivity index (χ4n) is 1.64. The molecule has 2 heteroatoms. The Morgan fingerprint density at radius 3 is 2.55 bits per heavy atom. The van der Waals surface area contributed by atoms with Gasteiger partial charge in [0.2, 0.25) is 0 Å². The van der Waals surface area contributed by atoms with Crippen molar-refractivity contribution < 1.29 is 9.90 Å². The molecule has 11 heavy (non-hydrogen) atoms. The first-order valence-electron chi connectivity index (χ1n) is 4.29. The predicted molar refractivity (Wildman–Crippen MR) is 43.3 cm³/mol. The van der Waals surface area contributed by atoms with E-state index < -0.39 is 11.5 Å². The van der Waals surface area contributed by atoms with Crippen LogP contribution in [0.25, 0.3) is 0 Å². The van der Waals surface area contributed by atoms with E-state index in [4.69, 9.17) is 0 Å². The Kier molecular flexibility index (Phi) is 2.33. The molecule has 1 fully saturated rings. The molecule has 0 unspecified atom stereocenters. The summed E-state index contributed by atoms with van der Waals surface area (Å²) in [6.45, 7) is 3.59. The van der Waals surface area contributed by atoms with Crippen LogP contribution in [0.15, 0.2) is 0 Å². The van der Waals surface area contributed by atoms with Crippen LogP contribution in [-0.4, -0.2) is 17.0 Å². The lowest BCUT2D eigenvalue weighted by Crippen LogP contribution is -2.40. The summed E-state index contributed by atoms with van der Waals surface area (Å²) in [7, 11) is 0. The summed E-state index contributed by atoms with van der Waals surface area (Å²) >= 11 is 0. The average molecular weight is 156 g/mol. The molecule has 0 radical (unpaired) electrons. The summed E-state index contributed by atoms with van der Waals surface area (Å²) in [4.78, 5) is 11.4. The minimum absolute atomic E-state index is 0.235. The van der Waals surface area contributed by atoms with Crippen LogP contribution in [0.2, 0.25) is 0 Å². The molecular formula is C9H16O2. The van der Waals surface area contributed by atoms with Gasteiger partial charge in [0.25, 0.3) is 0 Å². The topological polar surface area (TPSA) is 37.3 Å². The van der Waals surface area contributed by atoms with E-state index in [1.54, 1.807) is 6.92 Å². The Balaban J connectivity index is 2.73. The van der Waals surface area contributed by atoms with Crippen LogP contribution in [0.3, 0.4) is 0 Å². The number of carbonyl (C=O) groups excluding carboxylic acids is 1. The number of ketones is 1. The summed E-state index contributed by atoms with van der Waals surface area (Å²) in [5.74, 6) is 0.235. The van der Waals surface area contributed by atoms with Crippen molar-refractivity contribution in [1.29, 1.82) is 0 Å². The van der Waals surface area contributed by atoms with E-state index in [1.807, 2.05) is 6.92 Å². The number of hydrogen-bond acceptors (Lipinski definition) is 2. The zero-order valence-electron chi connectivity index (χ0n) is 7.26. The van der Waals surface area contributed by atoms with Crippen LogP contribution < -0.4 is 0 Å². The molecule has 0 aromatic heterocycles. The number of aliphatic hydroxyl groups is 1. The second kappa shape index (κ2) is 2.94. The first-order chi connectivity index (χ1) is 5.07. The summed E-state index contributed by atoms with van der Waals surface area (Å²) in [6, 6.07) is 0. The lowest BCUT2D eigenvalue weighted by molar-refractivity contribution is -0.136. The van der Waals surface area contributed by atoms with Gasteiger partial charge in [0, 0.05) is 6.42 Å². The second-order valence-corrected chi connectivity index (χ2v) is 3.72. The monoisotopic (exact) mass is 156 g/mol. The summed E-state index contributed by atoms with van der Waals surface area (Å²) in [5, 5.41) is 9.39. The molecule has 0 aromatic rings. The molecule has 0 aromatic carbocycles. The molecule has 0 heterocycles. The third kappa shape index (κ3) is 1.45. The third-order valence-corrected chi connectivity index (χ3v) is 2.91. The number of carbonyl (C=O) groups is 1. The highest BCUT2D eigenvalue weighted by Gasteiger charge is 2.38. The van der Waals surface area contributed by atoms with E-state index in [1.165, 1.54) is 0 Å². The molecule has 1 saturated carbocycles. The zero-order chi connectivity index (χ0) is 8.48. The Morgan fingerprint density at radius 2 is 2.18 bits per heavy atom. The molecule has 0 spiro atoms. The summed E-state index contributed by atoms with van der Waals surface area (Å²) < 4.78 is 0. The van der Waals surface area contributed by atoms with Crippen LogP contribution in [0.1, 0.15) is 39.5 Å². The van der Waals surface area contributed by atoms with E-state index in [0.29, 0.717) is 6.42 Å². The first kappa shape index (κ1) is 8.72. The van der Waals surface area contributed by atoms with Crippen molar-refractivity contribution in [2.45, 2.75) is 45.6 Å². The maximum Gasteiger partial charge on any atom is 0.141 e. The smallest absolute Gasteiger partial charge is 0.141 e. The number of aliphatic hydroxyl groups excluding tert-OH is 1. The van der Waals surface area contributed by atoms with Gasteiger partial charge in [-0.15, -0.1) is 0 Å². The SMILES string of the molecule is C[C@H](O)[C@@]1(C)CCCCC1=O. The Bertz CT molecular complexity index is 163.